The van der Waals surface area contributed by atoms with Crippen molar-refractivity contribution in [3.8, 4) is 5.75 Å². The van der Waals surface area contributed by atoms with Gasteiger partial charge in [0.1, 0.15) is 5.75 Å². The van der Waals surface area contributed by atoms with E-state index in [9.17, 15) is 13.2 Å². The summed E-state index contributed by atoms with van der Waals surface area (Å²) in [7, 11) is -0.661. The molecule has 0 unspecified atom stereocenters. The van der Waals surface area contributed by atoms with Crippen LogP contribution in [0.1, 0.15) is 50.0 Å². The van der Waals surface area contributed by atoms with Crippen molar-refractivity contribution >= 4 is 16.3 Å². The quantitative estimate of drug-likeness (QED) is 0.713. The summed E-state index contributed by atoms with van der Waals surface area (Å²) in [5, 5.41) is 0. The Morgan fingerprint density at radius 1 is 1.06 bits per heavy atom. The van der Waals surface area contributed by atoms with E-state index in [1.54, 1.807) is 4.90 Å². The molecular weight excluding hydrogens is 446 g/mol. The van der Waals surface area contributed by atoms with Crippen LogP contribution in [-0.2, 0) is 19.7 Å². The maximum atomic E-state index is 12.8. The molecule has 1 saturated heterocycles. The smallest absolute Gasteiger partial charge is 0.410 e. The number of nitrogens with one attached hydrogen (secondary N) is 1. The third-order valence-electron chi connectivity index (χ3n) is 6.85. The van der Waals surface area contributed by atoms with Crippen LogP contribution in [0.5, 0.6) is 5.75 Å². The van der Waals surface area contributed by atoms with Crippen LogP contribution in [-0.4, -0.2) is 82.4 Å². The molecule has 3 aliphatic heterocycles. The van der Waals surface area contributed by atoms with Gasteiger partial charge in [-0.25, -0.2) is 4.79 Å². The van der Waals surface area contributed by atoms with E-state index in [4.69, 9.17) is 14.2 Å². The largest absolute Gasteiger partial charge is 0.493 e. The van der Waals surface area contributed by atoms with E-state index in [0.29, 0.717) is 31.9 Å². The SMILES string of the molecule is CN(C)S(=O)(=O)N[C@H]1CCN2C(=O)OCCCOc3cccc(c3)C3CCC(CC3)OC[C@@H]12. The van der Waals surface area contributed by atoms with Crippen molar-refractivity contribution in [1.82, 2.24) is 13.9 Å². The molecule has 1 amide bonds. The molecule has 2 atom stereocenters. The molecule has 1 aliphatic carbocycles. The molecule has 0 aromatic heterocycles. The van der Waals surface area contributed by atoms with E-state index in [-0.39, 0.29) is 19.3 Å². The molecule has 2 fully saturated rings. The maximum Gasteiger partial charge on any atom is 0.410 e. The Hall–Kier alpha value is -1.88. The minimum atomic E-state index is -3.63. The highest BCUT2D eigenvalue weighted by Gasteiger charge is 2.41. The number of benzene rings is 1. The molecule has 1 aromatic rings. The molecule has 1 N–H and O–H groups in total. The van der Waals surface area contributed by atoms with Gasteiger partial charge >= 0.3 is 6.09 Å². The van der Waals surface area contributed by atoms with E-state index in [0.717, 1.165) is 35.7 Å². The second-order valence-corrected chi connectivity index (χ2v) is 11.2. The molecule has 5 rings (SSSR count). The van der Waals surface area contributed by atoms with Crippen LogP contribution in [0.4, 0.5) is 4.79 Å². The molecule has 1 saturated carbocycles. The lowest BCUT2D eigenvalue weighted by atomic mass is 9.82. The average Bonchev–Trinajstić information content (AvgIpc) is 3.19. The topological polar surface area (TPSA) is 97.4 Å². The molecular formula is C23H35N3O6S. The van der Waals surface area contributed by atoms with Crippen molar-refractivity contribution in [2.24, 2.45) is 0 Å². The van der Waals surface area contributed by atoms with Crippen LogP contribution in [0.15, 0.2) is 24.3 Å². The number of rotatable bonds is 3. The molecule has 0 spiro atoms. The summed E-state index contributed by atoms with van der Waals surface area (Å²) in [6, 6.07) is 7.44. The van der Waals surface area contributed by atoms with E-state index in [1.165, 1.54) is 19.7 Å². The van der Waals surface area contributed by atoms with Crippen LogP contribution < -0.4 is 9.46 Å². The van der Waals surface area contributed by atoms with Crippen molar-refractivity contribution in [1.29, 1.82) is 0 Å². The number of hydrogen-bond donors (Lipinski definition) is 1. The lowest BCUT2D eigenvalue weighted by Gasteiger charge is -2.32. The maximum absolute atomic E-state index is 12.8. The molecule has 1 aromatic carbocycles. The first-order valence-electron chi connectivity index (χ1n) is 11.8. The van der Waals surface area contributed by atoms with Gasteiger partial charge in [-0.2, -0.15) is 17.4 Å². The zero-order valence-corrected chi connectivity index (χ0v) is 20.3. The molecule has 3 heterocycles. The predicted octanol–water partition coefficient (Wildman–Crippen LogP) is 2.49. The van der Waals surface area contributed by atoms with E-state index >= 15 is 0 Å². The summed E-state index contributed by atoms with van der Waals surface area (Å²) >= 11 is 0. The molecule has 4 aliphatic rings. The van der Waals surface area contributed by atoms with Crippen molar-refractivity contribution in [3.05, 3.63) is 29.8 Å². The summed E-state index contributed by atoms with van der Waals surface area (Å²) in [5.74, 6) is 1.33. The Morgan fingerprint density at radius 3 is 2.58 bits per heavy atom. The molecule has 10 heteroatoms. The van der Waals surface area contributed by atoms with Gasteiger partial charge in [0.25, 0.3) is 10.2 Å². The molecule has 0 radical (unpaired) electrons. The summed E-state index contributed by atoms with van der Waals surface area (Å²) in [6.45, 7) is 1.40. The van der Waals surface area contributed by atoms with Crippen molar-refractivity contribution in [2.75, 3.05) is 40.5 Å². The highest BCUT2D eigenvalue weighted by Crippen LogP contribution is 2.35. The number of hydrogen-bond acceptors (Lipinski definition) is 6. The fraction of sp³-hybridized carbons (Fsp3) is 0.696. The van der Waals surface area contributed by atoms with Crippen LogP contribution >= 0.6 is 0 Å². The van der Waals surface area contributed by atoms with E-state index in [1.807, 2.05) is 12.1 Å². The molecule has 184 valence electrons. The summed E-state index contributed by atoms with van der Waals surface area (Å²) in [4.78, 5) is 14.4. The summed E-state index contributed by atoms with van der Waals surface area (Å²) in [6.07, 6.45) is 4.67. The van der Waals surface area contributed by atoms with Gasteiger partial charge in [0.2, 0.25) is 0 Å². The fourth-order valence-corrected chi connectivity index (χ4v) is 5.74. The lowest BCUT2D eigenvalue weighted by Crippen LogP contribution is -2.51. The fourth-order valence-electron chi connectivity index (χ4n) is 4.87. The average molecular weight is 482 g/mol. The lowest BCUT2D eigenvalue weighted by molar-refractivity contribution is -0.00708. The second-order valence-electron chi connectivity index (χ2n) is 9.26. The number of nitrogens with zero attached hydrogens (tertiary/aromatic N) is 2. The van der Waals surface area contributed by atoms with Crippen LogP contribution in [0, 0.1) is 0 Å². The number of carbonyl (C=O) groups excluding carboxylic acids is 1. The number of fused-ring (bicyclic) bond motifs is 8. The van der Waals surface area contributed by atoms with Gasteiger partial charge in [-0.3, -0.25) is 0 Å². The minimum absolute atomic E-state index is 0.0981. The Bertz CT molecular complexity index is 917. The first-order chi connectivity index (χ1) is 15.8. The number of amides is 1. The summed E-state index contributed by atoms with van der Waals surface area (Å²) in [5.41, 5.74) is 1.29. The van der Waals surface area contributed by atoms with Crippen LogP contribution in [0.2, 0.25) is 0 Å². The van der Waals surface area contributed by atoms with Gasteiger partial charge in [-0.1, -0.05) is 12.1 Å². The predicted molar refractivity (Wildman–Crippen MR) is 123 cm³/mol. The molecule has 4 bridgehead atoms. The van der Waals surface area contributed by atoms with Crippen LogP contribution in [0.3, 0.4) is 0 Å². The van der Waals surface area contributed by atoms with Crippen molar-refractivity contribution in [3.63, 3.8) is 0 Å². The third-order valence-corrected chi connectivity index (χ3v) is 8.41. The van der Waals surface area contributed by atoms with Gasteiger partial charge < -0.3 is 19.1 Å². The first-order valence-corrected chi connectivity index (χ1v) is 13.2. The minimum Gasteiger partial charge on any atom is -0.493 e. The van der Waals surface area contributed by atoms with Gasteiger partial charge in [0.15, 0.2) is 0 Å². The van der Waals surface area contributed by atoms with Gasteiger partial charge in [-0.15, -0.1) is 0 Å². The van der Waals surface area contributed by atoms with Crippen LogP contribution in [0.25, 0.3) is 0 Å². The number of carbonyl (C=O) groups is 1. The zero-order chi connectivity index (χ0) is 23.4. The van der Waals surface area contributed by atoms with E-state index in [2.05, 4.69) is 16.9 Å². The monoisotopic (exact) mass is 481 g/mol. The first kappa shape index (κ1) is 24.3. The summed E-state index contributed by atoms with van der Waals surface area (Å²) < 4.78 is 46.4. The molecule has 33 heavy (non-hydrogen) atoms. The Balaban J connectivity index is 1.49. The van der Waals surface area contributed by atoms with Crippen molar-refractivity contribution < 1.29 is 27.4 Å². The third kappa shape index (κ3) is 5.98. The highest BCUT2D eigenvalue weighted by molar-refractivity contribution is 7.87. The molecule has 9 nitrogen and oxygen atoms in total. The van der Waals surface area contributed by atoms with Gasteiger partial charge in [0, 0.05) is 33.1 Å². The Morgan fingerprint density at radius 2 is 1.82 bits per heavy atom. The normalized spacial score (nSPS) is 29.3. The Labute approximate surface area is 196 Å². The second kappa shape index (κ2) is 10.6. The highest BCUT2D eigenvalue weighted by atomic mass is 32.2. The zero-order valence-electron chi connectivity index (χ0n) is 19.4. The number of ether oxygens (including phenoxy) is 3. The van der Waals surface area contributed by atoms with Gasteiger partial charge in [0.05, 0.1) is 32.0 Å². The standard InChI is InChI=1S/C23H35N3O6S/c1-25(2)33(28,29)24-21-11-12-26-22(21)16-32-19-9-7-17(8-10-19)18-5-3-6-20(15-18)30-13-4-14-31-23(26)27/h3,5-6,15,17,19,21-22,24H,4,7-14,16H2,1-2H3/t17?,19?,21-,22-/m0/s1. The van der Waals surface area contributed by atoms with Gasteiger partial charge in [-0.05, 0) is 55.7 Å². The van der Waals surface area contributed by atoms with E-state index < -0.39 is 28.4 Å². The Kier molecular flexibility index (Phi) is 7.78. The van der Waals surface area contributed by atoms with Crippen molar-refractivity contribution in [2.45, 2.75) is 62.6 Å².